The van der Waals surface area contributed by atoms with Crippen LogP contribution in [-0.2, 0) is 11.0 Å². The molecule has 0 aliphatic carbocycles. The molecule has 1 N–H and O–H groups in total. The highest BCUT2D eigenvalue weighted by atomic mass is 35.5. The van der Waals surface area contributed by atoms with Crippen molar-refractivity contribution in [2.24, 2.45) is 0 Å². The molecule has 0 aliphatic rings. The number of aryl methyl sites for hydroxylation is 1. The van der Waals surface area contributed by atoms with Crippen LogP contribution in [-0.4, -0.2) is 11.1 Å². The van der Waals surface area contributed by atoms with Crippen LogP contribution < -0.4 is 0 Å². The molecule has 12 heavy (non-hydrogen) atoms. The Labute approximate surface area is 77.1 Å². The summed E-state index contributed by atoms with van der Waals surface area (Å²) in [7, 11) is -2.03. The lowest BCUT2D eigenvalue weighted by Crippen LogP contribution is -1.87. The van der Waals surface area contributed by atoms with Gasteiger partial charge in [0.2, 0.25) is 0 Å². The summed E-state index contributed by atoms with van der Waals surface area (Å²) in [6.45, 7) is 0. The third-order valence-corrected chi connectivity index (χ3v) is 2.32. The molecule has 0 fully saturated rings. The van der Waals surface area contributed by atoms with E-state index in [1.165, 1.54) is 0 Å². The molecule has 1 aromatic rings. The van der Waals surface area contributed by atoms with Crippen LogP contribution in [0.1, 0.15) is 5.56 Å². The van der Waals surface area contributed by atoms with Gasteiger partial charge in [0.15, 0.2) is 6.16 Å². The molecule has 0 amide bonds. The van der Waals surface area contributed by atoms with Gasteiger partial charge in [0, 0.05) is 11.4 Å². The fourth-order valence-electron chi connectivity index (χ4n) is 0.917. The van der Waals surface area contributed by atoms with Gasteiger partial charge in [-0.1, -0.05) is 23.7 Å². The molecule has 0 saturated carbocycles. The first-order chi connectivity index (χ1) is 5.68. The Kier molecular flexibility index (Phi) is 3.67. The van der Waals surface area contributed by atoms with Gasteiger partial charge in [-0.3, -0.25) is 0 Å². The van der Waals surface area contributed by atoms with E-state index in [2.05, 4.69) is 0 Å². The van der Waals surface area contributed by atoms with Crippen LogP contribution in [0.5, 0.6) is 0 Å². The normalized spacial score (nSPS) is 11.3. The molecular formula is C8H9ClO2P+. The van der Waals surface area contributed by atoms with Gasteiger partial charge in [-0.15, -0.1) is 0 Å². The van der Waals surface area contributed by atoms with Crippen LogP contribution in [0.2, 0.25) is 5.02 Å². The Morgan fingerprint density at radius 2 is 2.25 bits per heavy atom. The van der Waals surface area contributed by atoms with Crippen LogP contribution in [0.15, 0.2) is 24.3 Å². The number of benzene rings is 1. The van der Waals surface area contributed by atoms with E-state index in [1.807, 2.05) is 12.1 Å². The Balaban J connectivity index is 2.57. The van der Waals surface area contributed by atoms with Crippen LogP contribution in [0.4, 0.5) is 0 Å². The topological polar surface area (TPSA) is 37.3 Å². The van der Waals surface area contributed by atoms with Crippen LogP contribution in [0, 0.1) is 0 Å². The first kappa shape index (κ1) is 9.66. The van der Waals surface area contributed by atoms with Crippen LogP contribution in [0.25, 0.3) is 0 Å². The van der Waals surface area contributed by atoms with E-state index in [9.17, 15) is 4.57 Å². The first-order valence-corrected chi connectivity index (χ1v) is 5.34. The number of rotatable bonds is 3. The predicted molar refractivity (Wildman–Crippen MR) is 49.8 cm³/mol. The molecular weight excluding hydrogens is 195 g/mol. The summed E-state index contributed by atoms with van der Waals surface area (Å²) in [5, 5.41) is 0.667. The average molecular weight is 204 g/mol. The largest absolute Gasteiger partial charge is 0.505 e. The van der Waals surface area contributed by atoms with Gasteiger partial charge in [-0.2, -0.15) is 4.89 Å². The molecule has 1 unspecified atom stereocenters. The van der Waals surface area contributed by atoms with Crippen molar-refractivity contribution in [3.05, 3.63) is 34.9 Å². The van der Waals surface area contributed by atoms with Crippen molar-refractivity contribution in [2.75, 3.05) is 6.16 Å². The molecule has 0 radical (unpaired) electrons. The lowest BCUT2D eigenvalue weighted by Gasteiger charge is -1.94. The van der Waals surface area contributed by atoms with E-state index in [-0.39, 0.29) is 0 Å². The second kappa shape index (κ2) is 4.56. The summed E-state index contributed by atoms with van der Waals surface area (Å²) >= 11 is 5.72. The second-order valence-electron chi connectivity index (χ2n) is 2.46. The smallest absolute Gasteiger partial charge is 0.161 e. The van der Waals surface area contributed by atoms with Gasteiger partial charge in [0.1, 0.15) is 0 Å². The van der Waals surface area contributed by atoms with Crippen molar-refractivity contribution in [3.63, 3.8) is 0 Å². The van der Waals surface area contributed by atoms with Crippen LogP contribution in [0.3, 0.4) is 0 Å². The molecule has 0 saturated heterocycles. The minimum atomic E-state index is -2.03. The molecule has 0 heterocycles. The Hall–Kier alpha value is -0.430. The van der Waals surface area contributed by atoms with Crippen molar-refractivity contribution in [2.45, 2.75) is 6.42 Å². The zero-order chi connectivity index (χ0) is 8.97. The minimum Gasteiger partial charge on any atom is -0.161 e. The van der Waals surface area contributed by atoms with E-state index in [1.54, 1.807) is 12.1 Å². The van der Waals surface area contributed by atoms with Crippen molar-refractivity contribution < 1.29 is 9.46 Å². The Morgan fingerprint density at radius 3 is 2.83 bits per heavy atom. The molecule has 2 nitrogen and oxygen atoms in total. The van der Waals surface area contributed by atoms with Gasteiger partial charge in [-0.05, 0) is 22.3 Å². The predicted octanol–water partition coefficient (Wildman–Crippen LogP) is 2.62. The zero-order valence-corrected chi connectivity index (χ0v) is 8.05. The van der Waals surface area contributed by atoms with E-state index in [0.29, 0.717) is 17.6 Å². The lowest BCUT2D eigenvalue weighted by molar-refractivity contribution is 0.502. The summed E-state index contributed by atoms with van der Waals surface area (Å²) in [6.07, 6.45) is 0.905. The van der Waals surface area contributed by atoms with Crippen LogP contribution >= 0.6 is 19.6 Å². The fourth-order valence-corrected chi connectivity index (χ4v) is 1.58. The van der Waals surface area contributed by atoms with Gasteiger partial charge in [0.25, 0.3) is 0 Å². The monoisotopic (exact) mass is 203 g/mol. The molecule has 1 aromatic carbocycles. The third-order valence-electron chi connectivity index (χ3n) is 1.48. The highest BCUT2D eigenvalue weighted by molar-refractivity contribution is 7.37. The van der Waals surface area contributed by atoms with Gasteiger partial charge in [-0.25, -0.2) is 0 Å². The third kappa shape index (κ3) is 3.31. The molecule has 0 aromatic heterocycles. The summed E-state index contributed by atoms with van der Waals surface area (Å²) in [4.78, 5) is 8.56. The lowest BCUT2D eigenvalue weighted by atomic mass is 10.2. The summed E-state index contributed by atoms with van der Waals surface area (Å²) in [6, 6.07) is 7.32. The molecule has 1 rings (SSSR count). The highest BCUT2D eigenvalue weighted by Crippen LogP contribution is 2.17. The molecule has 4 heteroatoms. The molecule has 0 aliphatic heterocycles. The van der Waals surface area contributed by atoms with E-state index in [4.69, 9.17) is 16.5 Å². The molecule has 0 spiro atoms. The maximum Gasteiger partial charge on any atom is 0.505 e. The zero-order valence-electron chi connectivity index (χ0n) is 6.40. The fraction of sp³-hybridized carbons (Fsp3) is 0.250. The van der Waals surface area contributed by atoms with Gasteiger partial charge in [0.05, 0.1) is 0 Å². The second-order valence-corrected chi connectivity index (χ2v) is 4.04. The maximum atomic E-state index is 10.4. The molecule has 0 bridgehead atoms. The number of hydrogen-bond acceptors (Lipinski definition) is 1. The van der Waals surface area contributed by atoms with Crippen molar-refractivity contribution >= 4 is 19.6 Å². The van der Waals surface area contributed by atoms with Gasteiger partial charge >= 0.3 is 8.03 Å². The first-order valence-electron chi connectivity index (χ1n) is 3.56. The minimum absolute atomic E-state index is 0.301. The van der Waals surface area contributed by atoms with Crippen molar-refractivity contribution in [1.29, 1.82) is 0 Å². The van der Waals surface area contributed by atoms with Gasteiger partial charge < -0.3 is 0 Å². The molecule has 1 atom stereocenters. The summed E-state index contributed by atoms with van der Waals surface area (Å²) in [5.74, 6) is 0. The average Bonchev–Trinajstić information content (AvgIpc) is 2.01. The summed E-state index contributed by atoms with van der Waals surface area (Å²) < 4.78 is 10.4. The summed E-state index contributed by atoms with van der Waals surface area (Å²) in [5.41, 5.74) is 1.000. The van der Waals surface area contributed by atoms with Crippen molar-refractivity contribution in [1.82, 2.24) is 0 Å². The maximum absolute atomic E-state index is 10.4. The van der Waals surface area contributed by atoms with E-state index >= 15 is 0 Å². The number of hydrogen-bond donors (Lipinski definition) is 1. The standard InChI is InChI=1S/C8H8ClO2P/c9-8-3-1-2-7(6-8)4-5-12(10)11/h1-3,6H,4-5H2/p+1. The number of halogens is 1. The Morgan fingerprint density at radius 1 is 1.50 bits per heavy atom. The van der Waals surface area contributed by atoms with Crippen molar-refractivity contribution in [3.8, 4) is 0 Å². The van der Waals surface area contributed by atoms with E-state index in [0.717, 1.165) is 5.56 Å². The SMILES string of the molecule is O=[P+](O)CCc1cccc(Cl)c1. The molecule has 64 valence electrons. The Bertz CT molecular complexity index is 288. The quantitative estimate of drug-likeness (QED) is 0.767. The van der Waals surface area contributed by atoms with E-state index < -0.39 is 8.03 Å². The highest BCUT2D eigenvalue weighted by Gasteiger charge is 2.09.